The summed E-state index contributed by atoms with van der Waals surface area (Å²) >= 11 is 0. The molecule has 0 bridgehead atoms. The Kier molecular flexibility index (Phi) is 68.6. The second-order valence-electron chi connectivity index (χ2n) is 24.5. The maximum absolute atomic E-state index is 12.9. The summed E-state index contributed by atoms with van der Waals surface area (Å²) in [5.74, 6) is -0.893. The van der Waals surface area contributed by atoms with Crippen LogP contribution in [0, 0.1) is 0 Å². The van der Waals surface area contributed by atoms with Gasteiger partial charge in [-0.05, 0) is 83.5 Å². The van der Waals surface area contributed by atoms with E-state index in [4.69, 9.17) is 14.2 Å². The monoisotopic (exact) mass is 1160 g/mol. The van der Waals surface area contributed by atoms with Gasteiger partial charge in [-0.3, -0.25) is 14.4 Å². The summed E-state index contributed by atoms with van der Waals surface area (Å²) in [7, 11) is 0. The third-order valence-corrected chi connectivity index (χ3v) is 16.2. The topological polar surface area (TPSA) is 78.9 Å². The van der Waals surface area contributed by atoms with Crippen LogP contribution in [0.2, 0.25) is 0 Å². The van der Waals surface area contributed by atoms with Gasteiger partial charge >= 0.3 is 17.9 Å². The number of rotatable bonds is 67. The van der Waals surface area contributed by atoms with Gasteiger partial charge in [0.25, 0.3) is 0 Å². The van der Waals surface area contributed by atoms with Crippen molar-refractivity contribution in [1.29, 1.82) is 0 Å². The van der Waals surface area contributed by atoms with E-state index in [2.05, 4.69) is 93.7 Å². The Morgan fingerprint density at radius 2 is 0.494 bits per heavy atom. The van der Waals surface area contributed by atoms with Crippen LogP contribution in [-0.4, -0.2) is 37.2 Å². The highest BCUT2D eigenvalue weighted by molar-refractivity contribution is 5.71. The number of hydrogen-bond acceptors (Lipinski definition) is 6. The third kappa shape index (κ3) is 69.5. The molecule has 0 rings (SSSR count). The van der Waals surface area contributed by atoms with Gasteiger partial charge in [-0.1, -0.05) is 351 Å². The van der Waals surface area contributed by atoms with Gasteiger partial charge in [-0.25, -0.2) is 0 Å². The van der Waals surface area contributed by atoms with E-state index in [1.807, 2.05) is 0 Å². The minimum atomic E-state index is -0.790. The van der Waals surface area contributed by atoms with E-state index < -0.39 is 6.10 Å². The normalized spacial score (nSPS) is 12.5. The van der Waals surface area contributed by atoms with E-state index in [9.17, 15) is 14.4 Å². The van der Waals surface area contributed by atoms with Crippen molar-refractivity contribution in [3.8, 4) is 0 Å². The van der Waals surface area contributed by atoms with Gasteiger partial charge in [-0.2, -0.15) is 0 Å². The summed E-state index contributed by atoms with van der Waals surface area (Å²) in [5.41, 5.74) is 0. The Balaban J connectivity index is 4.14. The van der Waals surface area contributed by atoms with Crippen LogP contribution in [0.25, 0.3) is 0 Å². The van der Waals surface area contributed by atoms with Gasteiger partial charge < -0.3 is 14.2 Å². The Hall–Kier alpha value is -3.15. The summed E-state index contributed by atoms with van der Waals surface area (Å²) in [6.45, 7) is 6.49. The SMILES string of the molecule is CC/C=C\C/C=C\C/C=C\C/C=C\CCCCCCCCC(=O)OC(COC(=O)CCCCCCC/C=C\C/C=C\CCC)COC(=O)CCCCCCCCCCCCCCCCCCCCCCCCCCCCCCCCCCC. The lowest BCUT2D eigenvalue weighted by atomic mass is 10.0. The lowest BCUT2D eigenvalue weighted by molar-refractivity contribution is -0.167. The van der Waals surface area contributed by atoms with Crippen molar-refractivity contribution >= 4 is 17.9 Å². The molecule has 0 aliphatic rings. The highest BCUT2D eigenvalue weighted by Crippen LogP contribution is 2.19. The van der Waals surface area contributed by atoms with Crippen LogP contribution in [0.1, 0.15) is 380 Å². The third-order valence-electron chi connectivity index (χ3n) is 16.2. The van der Waals surface area contributed by atoms with Gasteiger partial charge in [0, 0.05) is 19.3 Å². The Bertz CT molecular complexity index is 1520. The lowest BCUT2D eigenvalue weighted by Gasteiger charge is -2.18. The molecule has 0 heterocycles. The van der Waals surface area contributed by atoms with E-state index in [1.54, 1.807) is 0 Å². The molecule has 0 aromatic rings. The predicted molar refractivity (Wildman–Crippen MR) is 362 cm³/mol. The number of esters is 3. The largest absolute Gasteiger partial charge is 0.462 e. The molecule has 0 aliphatic carbocycles. The summed E-state index contributed by atoms with van der Waals surface area (Å²) in [6, 6.07) is 0. The van der Waals surface area contributed by atoms with Crippen molar-refractivity contribution < 1.29 is 28.6 Å². The van der Waals surface area contributed by atoms with Gasteiger partial charge in [0.15, 0.2) is 6.10 Å². The highest BCUT2D eigenvalue weighted by atomic mass is 16.6. The summed E-state index contributed by atoms with van der Waals surface area (Å²) in [6.07, 6.45) is 93.9. The van der Waals surface area contributed by atoms with Crippen LogP contribution in [0.5, 0.6) is 0 Å². The molecular formula is C77H138O6. The van der Waals surface area contributed by atoms with E-state index in [0.717, 1.165) is 122 Å². The quantitative estimate of drug-likeness (QED) is 0.0261. The zero-order valence-corrected chi connectivity index (χ0v) is 55.5. The van der Waals surface area contributed by atoms with Crippen molar-refractivity contribution in [1.82, 2.24) is 0 Å². The molecule has 0 radical (unpaired) electrons. The van der Waals surface area contributed by atoms with Crippen molar-refractivity contribution in [3.63, 3.8) is 0 Å². The summed E-state index contributed by atoms with van der Waals surface area (Å²) < 4.78 is 17.0. The molecule has 6 nitrogen and oxygen atoms in total. The number of carbonyl (C=O) groups excluding carboxylic acids is 3. The van der Waals surface area contributed by atoms with Gasteiger partial charge in [-0.15, -0.1) is 0 Å². The van der Waals surface area contributed by atoms with Gasteiger partial charge in [0.05, 0.1) is 0 Å². The number of carbonyl (C=O) groups is 3. The smallest absolute Gasteiger partial charge is 0.306 e. The molecule has 0 spiro atoms. The lowest BCUT2D eigenvalue weighted by Crippen LogP contribution is -2.30. The molecule has 0 fully saturated rings. The number of allylic oxidation sites excluding steroid dienone is 12. The minimum Gasteiger partial charge on any atom is -0.462 e. The molecular weight excluding hydrogens is 1020 g/mol. The fourth-order valence-electron chi connectivity index (χ4n) is 10.8. The average molecular weight is 1160 g/mol. The highest BCUT2D eigenvalue weighted by Gasteiger charge is 2.19. The number of hydrogen-bond donors (Lipinski definition) is 0. The van der Waals surface area contributed by atoms with Crippen molar-refractivity contribution in [2.45, 2.75) is 386 Å². The van der Waals surface area contributed by atoms with Crippen molar-refractivity contribution in [2.24, 2.45) is 0 Å². The number of unbranched alkanes of at least 4 members (excludes halogenated alkanes) is 44. The first-order valence-corrected chi connectivity index (χ1v) is 36.4. The first-order valence-electron chi connectivity index (χ1n) is 36.4. The van der Waals surface area contributed by atoms with Crippen LogP contribution in [0.4, 0.5) is 0 Å². The van der Waals surface area contributed by atoms with Crippen LogP contribution in [0.3, 0.4) is 0 Å². The van der Waals surface area contributed by atoms with Crippen LogP contribution in [0.15, 0.2) is 72.9 Å². The molecule has 0 N–H and O–H groups in total. The van der Waals surface area contributed by atoms with Crippen LogP contribution < -0.4 is 0 Å². The fraction of sp³-hybridized carbons (Fsp3) is 0.805. The Labute approximate surface area is 516 Å². The van der Waals surface area contributed by atoms with Gasteiger partial charge in [0.1, 0.15) is 13.2 Å². The first-order chi connectivity index (χ1) is 41.0. The van der Waals surface area contributed by atoms with Crippen molar-refractivity contribution in [3.05, 3.63) is 72.9 Å². The molecule has 0 saturated heterocycles. The zero-order valence-electron chi connectivity index (χ0n) is 55.5. The molecule has 482 valence electrons. The van der Waals surface area contributed by atoms with E-state index in [1.165, 1.54) is 218 Å². The van der Waals surface area contributed by atoms with E-state index in [-0.39, 0.29) is 31.1 Å². The molecule has 83 heavy (non-hydrogen) atoms. The minimum absolute atomic E-state index is 0.0831. The molecule has 6 heteroatoms. The second-order valence-corrected chi connectivity index (χ2v) is 24.5. The Morgan fingerprint density at radius 3 is 0.783 bits per heavy atom. The standard InChI is InChI=1S/C77H138O6/c1-4-7-10-13-16-19-22-25-27-29-31-32-33-34-35-36-37-38-39-40-41-42-43-44-46-47-49-52-55-58-61-64-67-70-76(79)82-73-74(72-81-75(78)69-66-63-60-57-54-51-24-21-18-15-12-9-6-3)83-77(80)71-68-65-62-59-56-53-50-48-45-30-28-26-23-20-17-14-11-8-5-2/h8,11-12,15,17,20-21,24,26,28,45,48,74H,4-7,9-10,13-14,16,18-19,22-23,25,27,29-44,46-47,49-73H2,1-3H3/b11-8-,15-12-,20-17-,24-21-,28-26-,48-45-. The molecule has 0 amide bonds. The zero-order chi connectivity index (χ0) is 59.9. The molecule has 0 aromatic carbocycles. The Morgan fingerprint density at radius 1 is 0.253 bits per heavy atom. The molecule has 0 aliphatic heterocycles. The summed E-state index contributed by atoms with van der Waals surface area (Å²) in [4.78, 5) is 38.4. The molecule has 0 aromatic heterocycles. The molecule has 1 unspecified atom stereocenters. The number of ether oxygens (including phenoxy) is 3. The fourth-order valence-corrected chi connectivity index (χ4v) is 10.8. The van der Waals surface area contributed by atoms with Gasteiger partial charge in [0.2, 0.25) is 0 Å². The first kappa shape index (κ1) is 79.8. The van der Waals surface area contributed by atoms with Crippen LogP contribution >= 0.6 is 0 Å². The summed E-state index contributed by atoms with van der Waals surface area (Å²) in [5, 5.41) is 0. The average Bonchev–Trinajstić information content (AvgIpc) is 3.49. The van der Waals surface area contributed by atoms with E-state index >= 15 is 0 Å². The molecule has 0 saturated carbocycles. The second kappa shape index (κ2) is 71.3. The van der Waals surface area contributed by atoms with Crippen LogP contribution in [-0.2, 0) is 28.6 Å². The van der Waals surface area contributed by atoms with Crippen molar-refractivity contribution in [2.75, 3.05) is 13.2 Å². The predicted octanol–water partition coefficient (Wildman–Crippen LogP) is 25.2. The molecule has 1 atom stereocenters. The maximum atomic E-state index is 12.9. The van der Waals surface area contributed by atoms with E-state index in [0.29, 0.717) is 19.3 Å². The maximum Gasteiger partial charge on any atom is 0.306 e.